The molecule has 0 bridgehead atoms. The number of fused-ring (bicyclic) bond motifs is 1. The van der Waals surface area contributed by atoms with E-state index in [-0.39, 0.29) is 5.56 Å². The molecule has 0 fully saturated rings. The Kier molecular flexibility index (Phi) is 4.95. The minimum atomic E-state index is -0.776. The Labute approximate surface area is 173 Å². The zero-order valence-electron chi connectivity index (χ0n) is 16.9. The Hall–Kier alpha value is -3.74. The van der Waals surface area contributed by atoms with Gasteiger partial charge in [-0.3, -0.25) is 14.5 Å². The van der Waals surface area contributed by atoms with Crippen LogP contribution in [0.1, 0.15) is 28.5 Å². The summed E-state index contributed by atoms with van der Waals surface area (Å²) < 4.78 is 22.3. The smallest absolute Gasteiger partial charge is 0.251 e. The monoisotopic (exact) mass is 404 g/mol. The number of nitrogens with two attached hydrogens (primary N) is 1. The highest BCUT2D eigenvalue weighted by atomic mass is 19.1. The number of rotatable bonds is 5. The van der Waals surface area contributed by atoms with Crippen LogP contribution in [0.3, 0.4) is 0 Å². The molecule has 0 saturated heterocycles. The largest absolute Gasteiger partial charge is 0.457 e. The first-order valence-corrected chi connectivity index (χ1v) is 9.57. The number of nitrogens with zero attached hydrogens (tertiary/aromatic N) is 3. The van der Waals surface area contributed by atoms with Crippen LogP contribution in [0.4, 0.5) is 4.39 Å². The van der Waals surface area contributed by atoms with Crippen LogP contribution in [0.2, 0.25) is 0 Å². The molecule has 1 amide bonds. The summed E-state index contributed by atoms with van der Waals surface area (Å²) in [7, 11) is 1.89. The van der Waals surface area contributed by atoms with E-state index in [4.69, 9.17) is 10.5 Å². The van der Waals surface area contributed by atoms with Crippen molar-refractivity contribution >= 4 is 16.8 Å². The third kappa shape index (κ3) is 3.50. The first-order valence-electron chi connectivity index (χ1n) is 9.57. The summed E-state index contributed by atoms with van der Waals surface area (Å²) in [5.41, 5.74) is 8.80. The van der Waals surface area contributed by atoms with Gasteiger partial charge in [-0.05, 0) is 49.2 Å². The Morgan fingerprint density at radius 2 is 1.93 bits per heavy atom. The standard InChI is InChI=1S/C23H21FN4O2/c1-4-14-9-15(10-19(24)22(14)23(25)29)20-11-17(7-8-26-20)30-16-5-6-18-13(2)27-28(3)21(18)12-16/h5-12H,4H2,1-3H3,(H2,25,29). The lowest BCUT2D eigenvalue weighted by atomic mass is 9.99. The molecule has 2 heterocycles. The summed E-state index contributed by atoms with van der Waals surface area (Å²) in [5.74, 6) is -0.202. The summed E-state index contributed by atoms with van der Waals surface area (Å²) in [4.78, 5) is 15.9. The average molecular weight is 404 g/mol. The summed E-state index contributed by atoms with van der Waals surface area (Å²) in [6.45, 7) is 3.81. The van der Waals surface area contributed by atoms with Crippen molar-refractivity contribution in [1.29, 1.82) is 0 Å². The van der Waals surface area contributed by atoms with Crippen LogP contribution < -0.4 is 10.5 Å². The highest BCUT2D eigenvalue weighted by molar-refractivity contribution is 5.95. The number of halogens is 1. The number of aryl methyl sites for hydroxylation is 3. The average Bonchev–Trinajstić information content (AvgIpc) is 3.00. The molecule has 0 atom stereocenters. The number of amides is 1. The van der Waals surface area contributed by atoms with Gasteiger partial charge < -0.3 is 10.5 Å². The number of hydrogen-bond acceptors (Lipinski definition) is 4. The third-order valence-corrected chi connectivity index (χ3v) is 5.07. The fraction of sp³-hybridized carbons (Fsp3) is 0.174. The Balaban J connectivity index is 1.69. The predicted octanol–water partition coefficient (Wildman–Crippen LogP) is 4.54. The number of primary amides is 1. The van der Waals surface area contributed by atoms with E-state index in [0.29, 0.717) is 34.7 Å². The molecule has 2 N–H and O–H groups in total. The fourth-order valence-corrected chi connectivity index (χ4v) is 3.62. The van der Waals surface area contributed by atoms with E-state index in [1.54, 1.807) is 24.4 Å². The molecule has 4 aromatic rings. The number of benzene rings is 2. The molecular formula is C23H21FN4O2. The first-order chi connectivity index (χ1) is 14.4. The van der Waals surface area contributed by atoms with Crippen LogP contribution in [0.15, 0.2) is 48.7 Å². The normalized spacial score (nSPS) is 11.1. The molecule has 2 aromatic carbocycles. The second-order valence-corrected chi connectivity index (χ2v) is 7.08. The minimum Gasteiger partial charge on any atom is -0.457 e. The zero-order chi connectivity index (χ0) is 21.4. The van der Waals surface area contributed by atoms with E-state index < -0.39 is 11.7 Å². The van der Waals surface area contributed by atoms with E-state index >= 15 is 0 Å². The Morgan fingerprint density at radius 3 is 2.67 bits per heavy atom. The maximum absolute atomic E-state index is 14.5. The zero-order valence-corrected chi connectivity index (χ0v) is 16.9. The van der Waals surface area contributed by atoms with Crippen molar-refractivity contribution in [3.8, 4) is 22.8 Å². The van der Waals surface area contributed by atoms with Crippen LogP contribution >= 0.6 is 0 Å². The Morgan fingerprint density at radius 1 is 1.17 bits per heavy atom. The maximum Gasteiger partial charge on any atom is 0.251 e. The van der Waals surface area contributed by atoms with Crippen LogP contribution in [0.5, 0.6) is 11.5 Å². The van der Waals surface area contributed by atoms with Crippen molar-refractivity contribution in [3.05, 3.63) is 71.3 Å². The summed E-state index contributed by atoms with van der Waals surface area (Å²) in [5, 5.41) is 5.49. The van der Waals surface area contributed by atoms with E-state index in [9.17, 15) is 9.18 Å². The van der Waals surface area contributed by atoms with Gasteiger partial charge in [0.1, 0.15) is 17.3 Å². The van der Waals surface area contributed by atoms with Crippen LogP contribution in [-0.2, 0) is 13.5 Å². The molecule has 4 rings (SSSR count). The number of hydrogen-bond donors (Lipinski definition) is 1. The van der Waals surface area contributed by atoms with E-state index in [1.807, 2.05) is 43.8 Å². The highest BCUT2D eigenvalue weighted by Gasteiger charge is 2.16. The lowest BCUT2D eigenvalue weighted by molar-refractivity contribution is 0.0995. The number of aromatic nitrogens is 3. The molecule has 7 heteroatoms. The van der Waals surface area contributed by atoms with Gasteiger partial charge >= 0.3 is 0 Å². The molecule has 0 unspecified atom stereocenters. The van der Waals surface area contributed by atoms with Crippen molar-refractivity contribution in [3.63, 3.8) is 0 Å². The van der Waals surface area contributed by atoms with Gasteiger partial charge in [-0.25, -0.2) is 4.39 Å². The fourth-order valence-electron chi connectivity index (χ4n) is 3.62. The van der Waals surface area contributed by atoms with Gasteiger partial charge in [-0.2, -0.15) is 5.10 Å². The highest BCUT2D eigenvalue weighted by Crippen LogP contribution is 2.30. The molecule has 0 radical (unpaired) electrons. The summed E-state index contributed by atoms with van der Waals surface area (Å²) in [6.07, 6.45) is 2.08. The molecule has 0 aliphatic heterocycles. The van der Waals surface area contributed by atoms with Crippen molar-refractivity contribution in [2.45, 2.75) is 20.3 Å². The van der Waals surface area contributed by atoms with E-state index in [1.165, 1.54) is 6.07 Å². The van der Waals surface area contributed by atoms with E-state index in [0.717, 1.165) is 16.6 Å². The number of ether oxygens (including phenoxy) is 1. The van der Waals surface area contributed by atoms with Gasteiger partial charge in [-0.1, -0.05) is 6.92 Å². The molecule has 30 heavy (non-hydrogen) atoms. The Bertz CT molecular complexity index is 1280. The lowest BCUT2D eigenvalue weighted by Gasteiger charge is -2.11. The predicted molar refractivity (Wildman–Crippen MR) is 113 cm³/mol. The van der Waals surface area contributed by atoms with Gasteiger partial charge in [0, 0.05) is 36.3 Å². The second kappa shape index (κ2) is 7.59. The van der Waals surface area contributed by atoms with Gasteiger partial charge in [0.05, 0.1) is 22.5 Å². The second-order valence-electron chi connectivity index (χ2n) is 7.08. The maximum atomic E-state index is 14.5. The molecule has 0 saturated carbocycles. The minimum absolute atomic E-state index is 0.0755. The van der Waals surface area contributed by atoms with Gasteiger partial charge in [-0.15, -0.1) is 0 Å². The van der Waals surface area contributed by atoms with Crippen molar-refractivity contribution < 1.29 is 13.9 Å². The topological polar surface area (TPSA) is 83.0 Å². The van der Waals surface area contributed by atoms with Crippen molar-refractivity contribution in [2.75, 3.05) is 0 Å². The lowest BCUT2D eigenvalue weighted by Crippen LogP contribution is -2.16. The summed E-state index contributed by atoms with van der Waals surface area (Å²) >= 11 is 0. The molecule has 152 valence electrons. The third-order valence-electron chi connectivity index (χ3n) is 5.07. The molecule has 0 spiro atoms. The first kappa shape index (κ1) is 19.6. The van der Waals surface area contributed by atoms with E-state index in [2.05, 4.69) is 10.1 Å². The van der Waals surface area contributed by atoms with Crippen LogP contribution in [-0.4, -0.2) is 20.7 Å². The van der Waals surface area contributed by atoms with Crippen LogP contribution in [0, 0.1) is 12.7 Å². The SMILES string of the molecule is CCc1cc(-c2cc(Oc3ccc4c(C)nn(C)c4c3)ccn2)cc(F)c1C(N)=O. The number of carbonyl (C=O) groups is 1. The van der Waals surface area contributed by atoms with Gasteiger partial charge in [0.2, 0.25) is 0 Å². The molecule has 0 aliphatic carbocycles. The number of carbonyl (C=O) groups excluding carboxylic acids is 1. The van der Waals surface area contributed by atoms with Gasteiger partial charge in [0.25, 0.3) is 5.91 Å². The molecular weight excluding hydrogens is 383 g/mol. The quantitative estimate of drug-likeness (QED) is 0.529. The number of pyridine rings is 1. The van der Waals surface area contributed by atoms with Crippen molar-refractivity contribution in [2.24, 2.45) is 12.8 Å². The van der Waals surface area contributed by atoms with Gasteiger partial charge in [0.15, 0.2) is 0 Å². The summed E-state index contributed by atoms with van der Waals surface area (Å²) in [6, 6.07) is 12.3. The molecule has 2 aromatic heterocycles. The van der Waals surface area contributed by atoms with Crippen molar-refractivity contribution in [1.82, 2.24) is 14.8 Å². The molecule has 6 nitrogen and oxygen atoms in total. The molecule has 0 aliphatic rings. The van der Waals surface area contributed by atoms with Crippen LogP contribution in [0.25, 0.3) is 22.2 Å².